The number of aryl methyl sites for hydroxylation is 1. The van der Waals surface area contributed by atoms with Crippen molar-refractivity contribution in [3.8, 4) is 0 Å². The molecule has 11 nitrogen and oxygen atoms in total. The number of benzene rings is 3. The van der Waals surface area contributed by atoms with Crippen LogP contribution in [0.25, 0.3) is 11.0 Å². The number of hydrogen-bond donors (Lipinski definition) is 3. The first-order valence-corrected chi connectivity index (χ1v) is 11.9. The minimum absolute atomic E-state index is 0. The lowest BCUT2D eigenvalue weighted by Crippen LogP contribution is -2.33. The number of aromatic nitrogens is 6. The van der Waals surface area contributed by atoms with E-state index < -0.39 is 0 Å². The number of nitrogens with one attached hydrogen (secondary N) is 2. The fourth-order valence-corrected chi connectivity index (χ4v) is 4.25. The Labute approximate surface area is 229 Å². The molecule has 0 aliphatic heterocycles. The average Bonchev–Trinajstić information content (AvgIpc) is 3.46. The number of nitrogens with two attached hydrogens (primary N) is 1. The molecule has 0 saturated carbocycles. The molecular formula is C27H26ClN9O2. The van der Waals surface area contributed by atoms with Gasteiger partial charge >= 0.3 is 0 Å². The Morgan fingerprint density at radius 1 is 1.05 bits per heavy atom. The lowest BCUT2D eigenvalue weighted by molar-refractivity contribution is 0.0987. The van der Waals surface area contributed by atoms with Gasteiger partial charge in [-0.15, -0.1) is 17.5 Å². The number of nitrogens with zero attached hydrogens (tertiary/aromatic N) is 6. The molecule has 4 N–H and O–H groups in total. The second-order valence-corrected chi connectivity index (χ2v) is 8.80. The van der Waals surface area contributed by atoms with Gasteiger partial charge in [-0.1, -0.05) is 42.5 Å². The van der Waals surface area contributed by atoms with Gasteiger partial charge in [0, 0.05) is 43.2 Å². The number of aromatic amines is 1. The van der Waals surface area contributed by atoms with E-state index >= 15 is 0 Å². The van der Waals surface area contributed by atoms with Crippen molar-refractivity contribution in [3.05, 3.63) is 111 Å². The highest BCUT2D eigenvalue weighted by Gasteiger charge is 2.20. The van der Waals surface area contributed by atoms with Gasteiger partial charge in [-0.25, -0.2) is 10.1 Å². The Hall–Kier alpha value is -4.90. The predicted octanol–water partition coefficient (Wildman–Crippen LogP) is 2.63. The molecule has 0 bridgehead atoms. The van der Waals surface area contributed by atoms with Crippen LogP contribution in [0.4, 0.5) is 5.69 Å². The molecule has 39 heavy (non-hydrogen) atoms. The second-order valence-electron chi connectivity index (χ2n) is 8.80. The molecule has 198 valence electrons. The van der Waals surface area contributed by atoms with Crippen LogP contribution < -0.4 is 16.2 Å². The molecule has 0 saturated heterocycles. The zero-order valence-electron chi connectivity index (χ0n) is 21.0. The topological polar surface area (TPSA) is 160 Å². The summed E-state index contributed by atoms with van der Waals surface area (Å²) >= 11 is 0. The van der Waals surface area contributed by atoms with Crippen LogP contribution in [-0.4, -0.2) is 48.5 Å². The van der Waals surface area contributed by atoms with Crippen LogP contribution in [0.15, 0.2) is 77.6 Å². The SMILES string of the molecule is Cl.Cn1c(=O)c(Cc2ccc(C(=N)N)cc2)nc2cc(C(=O)N(CCc3nnn[nH]3)c3ccccc3)ccc21. The third-order valence-corrected chi connectivity index (χ3v) is 6.30. The van der Waals surface area contributed by atoms with Gasteiger partial charge < -0.3 is 15.2 Å². The van der Waals surface area contributed by atoms with Gasteiger partial charge in [0.05, 0.1) is 11.0 Å². The van der Waals surface area contributed by atoms with Crippen LogP contribution in [-0.2, 0) is 19.9 Å². The van der Waals surface area contributed by atoms with Crippen LogP contribution in [0.5, 0.6) is 0 Å². The summed E-state index contributed by atoms with van der Waals surface area (Å²) in [6, 6.07) is 21.7. The van der Waals surface area contributed by atoms with Crippen LogP contribution in [0.2, 0.25) is 0 Å². The largest absolute Gasteiger partial charge is 0.384 e. The second kappa shape index (κ2) is 11.7. The lowest BCUT2D eigenvalue weighted by atomic mass is 10.1. The monoisotopic (exact) mass is 543 g/mol. The van der Waals surface area contributed by atoms with Crippen molar-refractivity contribution in [1.82, 2.24) is 30.2 Å². The maximum absolute atomic E-state index is 13.7. The first-order valence-electron chi connectivity index (χ1n) is 11.9. The van der Waals surface area contributed by atoms with E-state index in [9.17, 15) is 9.59 Å². The smallest absolute Gasteiger partial charge is 0.272 e. The number of H-pyrrole nitrogens is 1. The van der Waals surface area contributed by atoms with Gasteiger partial charge in [0.25, 0.3) is 11.5 Å². The average molecular weight is 544 g/mol. The number of amides is 1. The molecule has 5 aromatic rings. The van der Waals surface area contributed by atoms with E-state index in [4.69, 9.17) is 11.1 Å². The van der Waals surface area contributed by atoms with E-state index in [0.29, 0.717) is 53.1 Å². The molecule has 2 heterocycles. The van der Waals surface area contributed by atoms with E-state index in [2.05, 4.69) is 25.6 Å². The molecule has 0 aliphatic carbocycles. The summed E-state index contributed by atoms with van der Waals surface area (Å²) in [5.41, 5.74) is 9.52. The van der Waals surface area contributed by atoms with E-state index in [1.54, 1.807) is 46.8 Å². The molecule has 5 rings (SSSR count). The fourth-order valence-electron chi connectivity index (χ4n) is 4.25. The molecule has 3 aromatic carbocycles. The Balaban J connectivity index is 0.00000353. The molecule has 2 aromatic heterocycles. The molecule has 0 radical (unpaired) electrons. The van der Waals surface area contributed by atoms with Crippen molar-refractivity contribution in [1.29, 1.82) is 5.41 Å². The number of hydrogen-bond acceptors (Lipinski definition) is 7. The normalized spacial score (nSPS) is 10.7. The predicted molar refractivity (Wildman–Crippen MR) is 150 cm³/mol. The number of halogens is 1. The maximum Gasteiger partial charge on any atom is 0.272 e. The van der Waals surface area contributed by atoms with Gasteiger partial charge in [0.1, 0.15) is 17.4 Å². The molecule has 0 fully saturated rings. The van der Waals surface area contributed by atoms with Crippen molar-refractivity contribution >= 4 is 40.9 Å². The van der Waals surface area contributed by atoms with E-state index in [-0.39, 0.29) is 29.7 Å². The highest BCUT2D eigenvalue weighted by atomic mass is 35.5. The van der Waals surface area contributed by atoms with Crippen molar-refractivity contribution in [2.45, 2.75) is 12.8 Å². The van der Waals surface area contributed by atoms with Crippen molar-refractivity contribution in [2.75, 3.05) is 11.4 Å². The Morgan fingerprint density at radius 2 is 1.77 bits per heavy atom. The van der Waals surface area contributed by atoms with Crippen molar-refractivity contribution < 1.29 is 4.79 Å². The first kappa shape index (κ1) is 27.1. The maximum atomic E-state index is 13.7. The number of carbonyl (C=O) groups excluding carboxylic acids is 1. The van der Waals surface area contributed by atoms with Gasteiger partial charge in [0.15, 0.2) is 0 Å². The first-order chi connectivity index (χ1) is 18.4. The van der Waals surface area contributed by atoms with Crippen LogP contribution in [0.1, 0.15) is 33.0 Å². The Bertz CT molecular complexity index is 1670. The molecule has 0 aliphatic rings. The third-order valence-electron chi connectivity index (χ3n) is 6.30. The fraction of sp³-hybridized carbons (Fsp3) is 0.148. The highest BCUT2D eigenvalue weighted by Crippen LogP contribution is 2.20. The Morgan fingerprint density at radius 3 is 2.44 bits per heavy atom. The number of para-hydroxylation sites is 1. The number of nitrogen functional groups attached to an aromatic ring is 1. The van der Waals surface area contributed by atoms with Crippen LogP contribution >= 0.6 is 12.4 Å². The molecule has 0 unspecified atom stereocenters. The summed E-state index contributed by atoms with van der Waals surface area (Å²) in [5, 5.41) is 21.4. The van der Waals surface area contributed by atoms with Crippen LogP contribution in [0, 0.1) is 5.41 Å². The summed E-state index contributed by atoms with van der Waals surface area (Å²) in [7, 11) is 1.69. The number of tetrazole rings is 1. The number of anilines is 1. The summed E-state index contributed by atoms with van der Waals surface area (Å²) in [6.45, 7) is 0.361. The Kier molecular flexibility index (Phi) is 8.11. The zero-order chi connectivity index (χ0) is 26.6. The standard InChI is InChI=1S/C27H25N9O2.ClH/c1-35-23-12-11-19(26(37)36(20-5-3-2-4-6-20)14-13-24-31-33-34-32-24)16-21(23)30-22(27(35)38)15-17-7-9-18(10-8-17)25(28)29;/h2-12,16H,13-15H2,1H3,(H3,28,29)(H,31,32,33,34);1H. The molecular weight excluding hydrogens is 518 g/mol. The summed E-state index contributed by atoms with van der Waals surface area (Å²) in [4.78, 5) is 33.0. The summed E-state index contributed by atoms with van der Waals surface area (Å²) in [5.74, 6) is 0.355. The number of rotatable bonds is 8. The van der Waals surface area contributed by atoms with Gasteiger partial charge in [-0.3, -0.25) is 15.0 Å². The zero-order valence-corrected chi connectivity index (χ0v) is 21.9. The van der Waals surface area contributed by atoms with E-state index in [0.717, 1.165) is 11.3 Å². The molecule has 0 atom stereocenters. The quantitative estimate of drug-likeness (QED) is 0.200. The number of carbonyl (C=O) groups is 1. The minimum Gasteiger partial charge on any atom is -0.384 e. The minimum atomic E-state index is -0.209. The summed E-state index contributed by atoms with van der Waals surface area (Å²) in [6.07, 6.45) is 0.751. The van der Waals surface area contributed by atoms with Crippen molar-refractivity contribution in [3.63, 3.8) is 0 Å². The van der Waals surface area contributed by atoms with Crippen molar-refractivity contribution in [2.24, 2.45) is 12.8 Å². The van der Waals surface area contributed by atoms with Crippen LogP contribution in [0.3, 0.4) is 0 Å². The number of amidine groups is 1. The molecule has 0 spiro atoms. The summed E-state index contributed by atoms with van der Waals surface area (Å²) < 4.78 is 1.54. The molecule has 1 amide bonds. The van der Waals surface area contributed by atoms with Gasteiger partial charge in [0.2, 0.25) is 0 Å². The van der Waals surface area contributed by atoms with Gasteiger partial charge in [-0.2, -0.15) is 0 Å². The lowest BCUT2D eigenvalue weighted by Gasteiger charge is -2.23. The van der Waals surface area contributed by atoms with Gasteiger partial charge in [-0.05, 0) is 46.3 Å². The van der Waals surface area contributed by atoms with E-state index in [1.165, 1.54) is 0 Å². The third kappa shape index (κ3) is 5.83. The highest BCUT2D eigenvalue weighted by molar-refractivity contribution is 6.07. The molecule has 12 heteroatoms. The number of fused-ring (bicyclic) bond motifs is 1. The van der Waals surface area contributed by atoms with E-state index in [1.807, 2.05) is 42.5 Å².